The number of rotatable bonds is 5. The monoisotopic (exact) mass is 706 g/mol. The molecule has 0 N–H and O–H groups in total. The number of para-hydroxylation sites is 4. The molecule has 0 saturated carbocycles. The minimum Gasteiger partial charge on any atom is -0.456 e. The topological polar surface area (TPSA) is 47.6 Å². The van der Waals surface area contributed by atoms with Gasteiger partial charge in [0.05, 0.1) is 10.9 Å². The van der Waals surface area contributed by atoms with Crippen LogP contribution in [0.15, 0.2) is 195 Å². The fourth-order valence-electron chi connectivity index (χ4n) is 8.46. The Balaban J connectivity index is 0.993. The summed E-state index contributed by atoms with van der Waals surface area (Å²) in [5, 5.41) is 7.81. The van der Waals surface area contributed by atoms with Crippen molar-refractivity contribution in [2.45, 2.75) is 0 Å². The molecule has 4 heterocycles. The maximum Gasteiger partial charge on any atom is 0.213 e. The lowest BCUT2D eigenvalue weighted by atomic mass is 10.0. The molecule has 0 aliphatic heterocycles. The first-order valence-corrected chi connectivity index (χ1v) is 18.5. The zero-order chi connectivity index (χ0) is 36.0. The van der Waals surface area contributed by atoms with Crippen LogP contribution in [-0.2, 0) is 0 Å². The van der Waals surface area contributed by atoms with Gasteiger partial charge in [-0.3, -0.25) is 4.57 Å². The second-order valence-corrected chi connectivity index (χ2v) is 14.1. The van der Waals surface area contributed by atoms with E-state index in [1.807, 2.05) is 30.3 Å². The fourth-order valence-corrected chi connectivity index (χ4v) is 8.46. The van der Waals surface area contributed by atoms with Crippen LogP contribution in [0.1, 0.15) is 0 Å². The minimum atomic E-state index is 0.846. The van der Waals surface area contributed by atoms with E-state index in [1.54, 1.807) is 0 Å². The summed E-state index contributed by atoms with van der Waals surface area (Å²) in [6, 6.07) is 63.6. The Kier molecular flexibility index (Phi) is 6.27. The zero-order valence-corrected chi connectivity index (χ0v) is 29.4. The molecule has 5 nitrogen and oxygen atoms in total. The van der Waals surface area contributed by atoms with Gasteiger partial charge in [-0.05, 0) is 90.0 Å². The first kappa shape index (κ1) is 30.0. The third-order valence-electron chi connectivity index (χ3n) is 11.0. The van der Waals surface area contributed by atoms with Crippen LogP contribution in [0, 0.1) is 0 Å². The molecule has 0 aliphatic rings. The smallest absolute Gasteiger partial charge is 0.213 e. The molecule has 0 radical (unpaired) electrons. The van der Waals surface area contributed by atoms with Crippen molar-refractivity contribution in [2.24, 2.45) is 0 Å². The Hall–Kier alpha value is -7.50. The van der Waals surface area contributed by atoms with E-state index in [0.717, 1.165) is 105 Å². The van der Waals surface area contributed by atoms with Crippen molar-refractivity contribution in [3.63, 3.8) is 0 Å². The number of furan rings is 3. The second-order valence-electron chi connectivity index (χ2n) is 14.1. The first-order chi connectivity index (χ1) is 27.2. The molecule has 0 atom stereocenters. The Bertz CT molecular complexity index is 3320. The molecule has 55 heavy (non-hydrogen) atoms. The van der Waals surface area contributed by atoms with Gasteiger partial charge in [-0.1, -0.05) is 91.0 Å². The molecule has 0 fully saturated rings. The van der Waals surface area contributed by atoms with Gasteiger partial charge in [-0.25, -0.2) is 0 Å². The number of fused-ring (bicyclic) bond motifs is 11. The molecule has 12 rings (SSSR count). The molecular formula is C50H30N2O3. The van der Waals surface area contributed by atoms with Crippen LogP contribution >= 0.6 is 0 Å². The largest absolute Gasteiger partial charge is 0.456 e. The lowest BCUT2D eigenvalue weighted by Gasteiger charge is -2.25. The number of hydrogen-bond acceptors (Lipinski definition) is 4. The molecule has 4 aromatic heterocycles. The van der Waals surface area contributed by atoms with E-state index in [2.05, 4.69) is 161 Å². The lowest BCUT2D eigenvalue weighted by molar-refractivity contribution is 0.645. The quantitative estimate of drug-likeness (QED) is 0.179. The highest BCUT2D eigenvalue weighted by atomic mass is 16.3. The number of aromatic nitrogens is 1. The van der Waals surface area contributed by atoms with Crippen molar-refractivity contribution in [2.75, 3.05) is 4.90 Å². The summed E-state index contributed by atoms with van der Waals surface area (Å²) < 4.78 is 21.5. The van der Waals surface area contributed by atoms with Crippen molar-refractivity contribution < 1.29 is 13.3 Å². The van der Waals surface area contributed by atoms with E-state index in [-0.39, 0.29) is 0 Å². The zero-order valence-electron chi connectivity index (χ0n) is 29.4. The van der Waals surface area contributed by atoms with Crippen molar-refractivity contribution in [3.05, 3.63) is 182 Å². The van der Waals surface area contributed by atoms with E-state index < -0.39 is 0 Å². The van der Waals surface area contributed by atoms with Crippen molar-refractivity contribution >= 4 is 93.9 Å². The standard InChI is InChI=1S/C50H30N2O3/c1-2-10-33(11-3-1)52-43-15-7-4-14-41(43)49-42-28-32(20-27-46(42)55-50(49)52)31-18-21-34(22-19-31)51(35-23-25-39-37-12-5-8-16-44(37)53-47(39)29-35)36-24-26-40-38-13-6-9-17-45(38)54-48(40)30-36/h1-30H. The average Bonchev–Trinajstić information content (AvgIpc) is 3.99. The summed E-state index contributed by atoms with van der Waals surface area (Å²) in [7, 11) is 0. The van der Waals surface area contributed by atoms with Crippen molar-refractivity contribution in [1.82, 2.24) is 4.57 Å². The van der Waals surface area contributed by atoms with Crippen LogP contribution in [0.4, 0.5) is 17.1 Å². The van der Waals surface area contributed by atoms with E-state index in [0.29, 0.717) is 0 Å². The van der Waals surface area contributed by atoms with Crippen LogP contribution in [-0.4, -0.2) is 4.57 Å². The Morgan fingerprint density at radius 1 is 0.345 bits per heavy atom. The van der Waals surface area contributed by atoms with Crippen molar-refractivity contribution in [1.29, 1.82) is 0 Å². The first-order valence-electron chi connectivity index (χ1n) is 18.5. The van der Waals surface area contributed by atoms with Gasteiger partial charge in [0.1, 0.15) is 27.9 Å². The molecule has 0 spiro atoms. The Morgan fingerprint density at radius 2 is 0.873 bits per heavy atom. The van der Waals surface area contributed by atoms with Gasteiger partial charge in [-0.2, -0.15) is 0 Å². The van der Waals surface area contributed by atoms with Gasteiger partial charge in [0, 0.05) is 67.2 Å². The Morgan fingerprint density at radius 3 is 1.55 bits per heavy atom. The van der Waals surface area contributed by atoms with Crippen LogP contribution in [0.3, 0.4) is 0 Å². The molecule has 0 bridgehead atoms. The summed E-state index contributed by atoms with van der Waals surface area (Å²) in [6.07, 6.45) is 0. The summed E-state index contributed by atoms with van der Waals surface area (Å²) in [6.45, 7) is 0. The molecule has 258 valence electrons. The van der Waals surface area contributed by atoms with Gasteiger partial charge in [-0.15, -0.1) is 0 Å². The second kappa shape index (κ2) is 11.5. The van der Waals surface area contributed by atoms with E-state index in [4.69, 9.17) is 13.3 Å². The van der Waals surface area contributed by atoms with Crippen molar-refractivity contribution in [3.8, 4) is 16.8 Å². The van der Waals surface area contributed by atoms with Gasteiger partial charge in [0.25, 0.3) is 0 Å². The van der Waals surface area contributed by atoms with Gasteiger partial charge in [0.15, 0.2) is 0 Å². The van der Waals surface area contributed by atoms with Crippen LogP contribution in [0.25, 0.3) is 93.7 Å². The predicted octanol–water partition coefficient (Wildman–Crippen LogP) is 14.5. The third-order valence-corrected chi connectivity index (χ3v) is 11.0. The molecule has 5 heteroatoms. The van der Waals surface area contributed by atoms with E-state index >= 15 is 0 Å². The third kappa shape index (κ3) is 4.53. The lowest BCUT2D eigenvalue weighted by Crippen LogP contribution is -2.09. The normalized spacial score (nSPS) is 12.0. The molecule has 12 aromatic rings. The predicted molar refractivity (Wildman–Crippen MR) is 225 cm³/mol. The van der Waals surface area contributed by atoms with Gasteiger partial charge >= 0.3 is 0 Å². The number of nitrogens with zero attached hydrogens (tertiary/aromatic N) is 2. The molecule has 0 aliphatic carbocycles. The number of anilines is 3. The summed E-state index contributed by atoms with van der Waals surface area (Å²) in [4.78, 5) is 2.27. The Labute approximate surface area is 314 Å². The molecule has 0 unspecified atom stereocenters. The minimum absolute atomic E-state index is 0.846. The summed E-state index contributed by atoms with van der Waals surface area (Å²) >= 11 is 0. The van der Waals surface area contributed by atoms with E-state index in [9.17, 15) is 0 Å². The van der Waals surface area contributed by atoms with Gasteiger partial charge < -0.3 is 18.2 Å². The summed E-state index contributed by atoms with van der Waals surface area (Å²) in [5.41, 5.74) is 12.6. The number of benzene rings is 8. The molecule has 0 saturated heterocycles. The van der Waals surface area contributed by atoms with Crippen LogP contribution in [0.2, 0.25) is 0 Å². The number of hydrogen-bond donors (Lipinski definition) is 0. The van der Waals surface area contributed by atoms with Crippen LogP contribution in [0.5, 0.6) is 0 Å². The maximum absolute atomic E-state index is 6.60. The average molecular weight is 707 g/mol. The van der Waals surface area contributed by atoms with Gasteiger partial charge in [0.2, 0.25) is 5.71 Å². The molecule has 0 amide bonds. The highest BCUT2D eigenvalue weighted by Gasteiger charge is 2.21. The maximum atomic E-state index is 6.60. The molecular weight excluding hydrogens is 677 g/mol. The highest BCUT2D eigenvalue weighted by molar-refractivity contribution is 6.20. The highest BCUT2D eigenvalue weighted by Crippen LogP contribution is 2.43. The summed E-state index contributed by atoms with van der Waals surface area (Å²) in [5.74, 6) is 0. The fraction of sp³-hybridized carbons (Fsp3) is 0. The SMILES string of the molecule is c1ccc(-n2c3ccccc3c3c4cc(-c5ccc(N(c6ccc7c(c6)oc6ccccc67)c6ccc7c(c6)oc6ccccc67)cc5)ccc4oc32)cc1. The van der Waals surface area contributed by atoms with Crippen LogP contribution < -0.4 is 4.90 Å². The van der Waals surface area contributed by atoms with E-state index in [1.165, 1.54) is 5.39 Å². The molecule has 8 aromatic carbocycles.